The van der Waals surface area contributed by atoms with Crippen molar-refractivity contribution in [2.75, 3.05) is 0 Å². The number of hydrogen-bond donors (Lipinski definition) is 1. The number of rotatable bonds is 7. The third-order valence-corrected chi connectivity index (χ3v) is 9.51. The normalized spacial score (nSPS) is 26.1. The van der Waals surface area contributed by atoms with Gasteiger partial charge in [0.1, 0.15) is 18.3 Å². The Morgan fingerprint density at radius 2 is 1.40 bits per heavy atom. The van der Waals surface area contributed by atoms with Crippen LogP contribution in [0, 0.1) is 17.3 Å². The minimum atomic E-state index is -0.745. The molecule has 0 saturated heterocycles. The lowest BCUT2D eigenvalue weighted by Crippen LogP contribution is -2.37. The minimum Gasteiger partial charge on any atom is -0.455 e. The van der Waals surface area contributed by atoms with Gasteiger partial charge in [-0.15, -0.1) is 0 Å². The van der Waals surface area contributed by atoms with E-state index in [0.29, 0.717) is 23.1 Å². The molecule has 7 nitrogen and oxygen atoms in total. The molecule has 0 radical (unpaired) electrons. The highest BCUT2D eigenvalue weighted by Crippen LogP contribution is 2.38. The fourth-order valence-corrected chi connectivity index (χ4v) is 6.75. The third-order valence-electron chi connectivity index (χ3n) is 9.51. The summed E-state index contributed by atoms with van der Waals surface area (Å²) in [7, 11) is 0. The predicted molar refractivity (Wildman–Crippen MR) is 193 cm³/mol. The average Bonchev–Trinajstić information content (AvgIpc) is 2.97. The summed E-state index contributed by atoms with van der Waals surface area (Å²) in [5.74, 6) is -0.0142. The lowest BCUT2D eigenvalue weighted by molar-refractivity contribution is -0.145. The van der Waals surface area contributed by atoms with Gasteiger partial charge in [-0.05, 0) is 141 Å². The molecule has 1 fully saturated rings. The van der Waals surface area contributed by atoms with Gasteiger partial charge < -0.3 is 19.3 Å². The first-order valence-corrected chi connectivity index (χ1v) is 17.5. The Hall–Kier alpha value is -3.19. The van der Waals surface area contributed by atoms with Crippen LogP contribution in [0.5, 0.6) is 0 Å². The van der Waals surface area contributed by atoms with Crippen molar-refractivity contribution in [1.82, 2.24) is 0 Å². The molecule has 4 rings (SSSR count). The van der Waals surface area contributed by atoms with E-state index in [1.165, 1.54) is 43.3 Å². The highest BCUT2D eigenvalue weighted by atomic mass is 16.6. The van der Waals surface area contributed by atoms with E-state index in [2.05, 4.69) is 46.6 Å². The van der Waals surface area contributed by atoms with Crippen LogP contribution in [0.15, 0.2) is 71.4 Å². The number of ether oxygens (including phenoxy) is 3. The summed E-state index contributed by atoms with van der Waals surface area (Å²) in [6, 6.07) is 0. The van der Waals surface area contributed by atoms with Crippen LogP contribution in [0.2, 0.25) is 0 Å². The Labute approximate surface area is 290 Å². The van der Waals surface area contributed by atoms with Crippen molar-refractivity contribution in [3.05, 3.63) is 71.4 Å². The van der Waals surface area contributed by atoms with Crippen LogP contribution in [0.4, 0.5) is 0 Å². The molecule has 0 bridgehead atoms. The van der Waals surface area contributed by atoms with Gasteiger partial charge in [0.15, 0.2) is 0 Å². The molecular formula is C41H62O7. The number of aliphatic hydroxyl groups is 1. The van der Waals surface area contributed by atoms with Crippen LogP contribution in [0.25, 0.3) is 0 Å². The molecule has 268 valence electrons. The maximum absolute atomic E-state index is 11.5. The van der Waals surface area contributed by atoms with E-state index in [-0.39, 0.29) is 47.6 Å². The zero-order valence-corrected chi connectivity index (χ0v) is 31.2. The van der Waals surface area contributed by atoms with E-state index in [9.17, 15) is 19.5 Å². The van der Waals surface area contributed by atoms with Crippen molar-refractivity contribution in [3.8, 4) is 0 Å². The largest absolute Gasteiger partial charge is 0.455 e. The number of fused-ring (bicyclic) bond motifs is 1. The molecule has 7 heteroatoms. The zero-order chi connectivity index (χ0) is 36.4. The summed E-state index contributed by atoms with van der Waals surface area (Å²) in [5.41, 5.74) is 4.71. The predicted octanol–water partition coefficient (Wildman–Crippen LogP) is 9.23. The van der Waals surface area contributed by atoms with E-state index in [1.807, 2.05) is 19.1 Å². The second kappa shape index (κ2) is 18.0. The van der Waals surface area contributed by atoms with Crippen molar-refractivity contribution >= 4 is 17.9 Å². The van der Waals surface area contributed by atoms with Crippen LogP contribution in [0.3, 0.4) is 0 Å². The maximum Gasteiger partial charge on any atom is 0.333 e. The Kier molecular flexibility index (Phi) is 15.4. The van der Waals surface area contributed by atoms with Crippen LogP contribution >= 0.6 is 0 Å². The van der Waals surface area contributed by atoms with Crippen LogP contribution < -0.4 is 0 Å². The summed E-state index contributed by atoms with van der Waals surface area (Å²) < 4.78 is 16.1. The van der Waals surface area contributed by atoms with Crippen molar-refractivity contribution in [3.63, 3.8) is 0 Å². The summed E-state index contributed by atoms with van der Waals surface area (Å²) in [4.78, 5) is 34.3. The van der Waals surface area contributed by atoms with E-state index < -0.39 is 5.60 Å². The summed E-state index contributed by atoms with van der Waals surface area (Å²) in [6.45, 7) is 27.8. The number of carbonyl (C=O) groups excluding carboxylic acids is 3. The zero-order valence-electron chi connectivity index (χ0n) is 31.2. The Balaban J connectivity index is 0.000000251. The molecule has 5 atom stereocenters. The molecule has 1 saturated carbocycles. The third kappa shape index (κ3) is 13.7. The van der Waals surface area contributed by atoms with Crippen LogP contribution in [-0.2, 0) is 28.6 Å². The van der Waals surface area contributed by atoms with Gasteiger partial charge in [-0.25, -0.2) is 14.4 Å². The Morgan fingerprint density at radius 3 is 1.94 bits per heavy atom. The molecule has 0 aliphatic heterocycles. The smallest absolute Gasteiger partial charge is 0.333 e. The summed E-state index contributed by atoms with van der Waals surface area (Å²) >= 11 is 0. The van der Waals surface area contributed by atoms with Gasteiger partial charge >= 0.3 is 17.9 Å². The van der Waals surface area contributed by atoms with Gasteiger partial charge in [-0.3, -0.25) is 0 Å². The number of carbonyl (C=O) groups is 3. The average molecular weight is 667 g/mol. The van der Waals surface area contributed by atoms with Crippen molar-refractivity contribution < 1.29 is 33.7 Å². The Morgan fingerprint density at radius 1 is 0.833 bits per heavy atom. The topological polar surface area (TPSA) is 99.1 Å². The highest BCUT2D eigenvalue weighted by molar-refractivity contribution is 5.88. The lowest BCUT2D eigenvalue weighted by Gasteiger charge is -2.35. The fraction of sp³-hybridized carbons (Fsp3) is 0.634. The molecular weight excluding hydrogens is 604 g/mol. The number of hydrogen-bond acceptors (Lipinski definition) is 7. The molecule has 48 heavy (non-hydrogen) atoms. The van der Waals surface area contributed by atoms with E-state index >= 15 is 0 Å². The lowest BCUT2D eigenvalue weighted by atomic mass is 9.76. The van der Waals surface area contributed by atoms with Crippen molar-refractivity contribution in [2.24, 2.45) is 17.3 Å². The van der Waals surface area contributed by atoms with Crippen LogP contribution in [-0.4, -0.2) is 46.9 Å². The standard InChI is InChI=1S/C14H22O3.C14H20O2.C13H20O2/c1-9(2)13(15)17-12-8-11(14(4,5)16)7-6-10(12)3;1-10(2)14(15)16-13-8-7-11-5-3-4-6-12(11)9-13;1-9(2)12(14)15-11-6-10(3)7-13(4,5)8-11/h6,11-12,16H,1,7-8H2,2-5H3;9,11,13H,1,3-8H2,2H3;6,11H,1,7-8H2,2-5H3. The molecule has 0 aromatic heterocycles. The maximum atomic E-state index is 11.5. The van der Waals surface area contributed by atoms with Gasteiger partial charge in [-0.2, -0.15) is 0 Å². The monoisotopic (exact) mass is 666 g/mol. The molecule has 1 N–H and O–H groups in total. The molecule has 0 aromatic rings. The summed E-state index contributed by atoms with van der Waals surface area (Å²) in [6.07, 6.45) is 16.8. The molecule has 5 unspecified atom stereocenters. The Bertz CT molecular complexity index is 1300. The molecule has 4 aliphatic rings. The molecule has 0 amide bonds. The fourth-order valence-electron chi connectivity index (χ4n) is 6.75. The highest BCUT2D eigenvalue weighted by Gasteiger charge is 2.34. The van der Waals surface area contributed by atoms with E-state index in [4.69, 9.17) is 14.2 Å². The molecule has 4 aliphatic carbocycles. The van der Waals surface area contributed by atoms with Gasteiger partial charge in [-0.1, -0.05) is 57.2 Å². The van der Waals surface area contributed by atoms with Gasteiger partial charge in [0, 0.05) is 16.7 Å². The summed E-state index contributed by atoms with van der Waals surface area (Å²) in [5, 5.41) is 10.0. The minimum absolute atomic E-state index is 0.00597. The van der Waals surface area contributed by atoms with E-state index in [0.717, 1.165) is 37.2 Å². The first kappa shape index (κ1) is 41.0. The SMILES string of the molecule is C=C(C)C(=O)OC1C=C(C)CC(C)(C)C1.C=C(C)C(=O)OC1C=C2CCCCC2CC1.C=C(C)C(=O)OC1CC(C(C)(C)O)CC=C1C. The van der Waals surface area contributed by atoms with Crippen LogP contribution in [0.1, 0.15) is 127 Å². The second-order valence-corrected chi connectivity index (χ2v) is 15.7. The molecule has 0 aromatic carbocycles. The number of esters is 3. The quantitative estimate of drug-likeness (QED) is 0.125. The first-order valence-electron chi connectivity index (χ1n) is 17.5. The first-order chi connectivity index (χ1) is 22.2. The molecule has 0 heterocycles. The van der Waals surface area contributed by atoms with Gasteiger partial charge in [0.25, 0.3) is 0 Å². The second-order valence-electron chi connectivity index (χ2n) is 15.7. The van der Waals surface area contributed by atoms with Crippen molar-refractivity contribution in [2.45, 2.75) is 150 Å². The number of allylic oxidation sites excluding steroid dienone is 3. The van der Waals surface area contributed by atoms with Gasteiger partial charge in [0.2, 0.25) is 0 Å². The van der Waals surface area contributed by atoms with Crippen molar-refractivity contribution in [1.29, 1.82) is 0 Å². The van der Waals surface area contributed by atoms with E-state index in [1.54, 1.807) is 34.6 Å². The molecule has 0 spiro atoms. The van der Waals surface area contributed by atoms with Gasteiger partial charge in [0.05, 0.1) is 5.60 Å².